The third kappa shape index (κ3) is 14.8. The SMILES string of the molecule is CCCCCNc1cccc(C(=O)Nc2ccc(C)cc2)c1.Cc1ccc(NC(=O)c2ccc(Cl)nc2)cc1.Cc1ccc(NC(=O)c2cccc(F)c2)cc1. The molecule has 0 aliphatic rings. The number of nitrogens with one attached hydrogen (secondary N) is 4. The maximum absolute atomic E-state index is 12.9. The van der Waals surface area contributed by atoms with Crippen LogP contribution >= 0.6 is 11.6 Å². The summed E-state index contributed by atoms with van der Waals surface area (Å²) in [6.07, 6.45) is 5.03. The van der Waals surface area contributed by atoms with E-state index in [0.717, 1.165) is 41.2 Å². The summed E-state index contributed by atoms with van der Waals surface area (Å²) in [6, 6.07) is 39.3. The first-order chi connectivity index (χ1) is 27.0. The summed E-state index contributed by atoms with van der Waals surface area (Å²) in [5.74, 6) is -1.01. The zero-order valence-corrected chi connectivity index (χ0v) is 32.8. The number of pyridine rings is 1. The number of anilines is 4. The van der Waals surface area contributed by atoms with Crippen LogP contribution in [0.5, 0.6) is 0 Å². The van der Waals surface area contributed by atoms with Crippen molar-refractivity contribution in [2.24, 2.45) is 0 Å². The number of amides is 3. The fourth-order valence-corrected chi connectivity index (χ4v) is 5.15. The van der Waals surface area contributed by atoms with E-state index in [0.29, 0.717) is 27.5 Å². The van der Waals surface area contributed by atoms with Gasteiger partial charge < -0.3 is 21.3 Å². The van der Waals surface area contributed by atoms with Gasteiger partial charge in [0.25, 0.3) is 17.7 Å². The van der Waals surface area contributed by atoms with Gasteiger partial charge in [-0.2, -0.15) is 0 Å². The number of rotatable bonds is 11. The molecule has 0 radical (unpaired) electrons. The summed E-state index contributed by atoms with van der Waals surface area (Å²) in [4.78, 5) is 39.7. The van der Waals surface area contributed by atoms with Crippen molar-refractivity contribution in [1.29, 1.82) is 0 Å². The van der Waals surface area contributed by atoms with E-state index in [4.69, 9.17) is 11.6 Å². The van der Waals surface area contributed by atoms with E-state index in [-0.39, 0.29) is 17.7 Å². The first-order valence-corrected chi connectivity index (χ1v) is 18.7. The van der Waals surface area contributed by atoms with Crippen LogP contribution in [0.1, 0.15) is 74.0 Å². The Kier molecular flexibility index (Phi) is 16.8. The lowest BCUT2D eigenvalue weighted by Gasteiger charge is -2.09. The summed E-state index contributed by atoms with van der Waals surface area (Å²) < 4.78 is 12.9. The van der Waals surface area contributed by atoms with Crippen LogP contribution in [0, 0.1) is 26.6 Å². The van der Waals surface area contributed by atoms with Gasteiger partial charge in [0.05, 0.1) is 5.56 Å². The molecule has 288 valence electrons. The van der Waals surface area contributed by atoms with E-state index in [2.05, 4.69) is 33.2 Å². The number of aromatic nitrogens is 1. The molecule has 0 spiro atoms. The Morgan fingerprint density at radius 3 is 1.46 bits per heavy atom. The molecule has 0 unspecified atom stereocenters. The highest BCUT2D eigenvalue weighted by Gasteiger charge is 2.09. The Balaban J connectivity index is 0.000000189. The van der Waals surface area contributed by atoms with Gasteiger partial charge in [-0.25, -0.2) is 9.37 Å². The van der Waals surface area contributed by atoms with Crippen LogP contribution in [0.3, 0.4) is 0 Å². The third-order valence-corrected chi connectivity index (χ3v) is 8.46. The second kappa shape index (κ2) is 22.2. The average Bonchev–Trinajstić information content (AvgIpc) is 3.20. The van der Waals surface area contributed by atoms with Gasteiger partial charge in [-0.1, -0.05) is 96.6 Å². The second-order valence-electron chi connectivity index (χ2n) is 13.1. The Labute approximate surface area is 333 Å². The number of carbonyl (C=O) groups excluding carboxylic acids is 3. The van der Waals surface area contributed by atoms with E-state index in [1.54, 1.807) is 18.2 Å². The van der Waals surface area contributed by atoms with Crippen LogP contribution in [-0.4, -0.2) is 29.3 Å². The Morgan fingerprint density at radius 2 is 1.02 bits per heavy atom. The number of hydrogen-bond donors (Lipinski definition) is 4. The number of nitrogens with zero attached hydrogens (tertiary/aromatic N) is 1. The van der Waals surface area contributed by atoms with Crippen molar-refractivity contribution in [3.8, 4) is 0 Å². The number of halogens is 2. The molecule has 0 bridgehead atoms. The molecule has 5 aromatic carbocycles. The van der Waals surface area contributed by atoms with Crippen LogP contribution in [-0.2, 0) is 0 Å². The highest BCUT2D eigenvalue weighted by atomic mass is 35.5. The van der Waals surface area contributed by atoms with E-state index < -0.39 is 5.82 Å². The smallest absolute Gasteiger partial charge is 0.257 e. The predicted octanol–water partition coefficient (Wildman–Crippen LogP) is 11.5. The van der Waals surface area contributed by atoms with Crippen LogP contribution in [0.4, 0.5) is 27.1 Å². The number of aryl methyl sites for hydroxylation is 3. The summed E-state index contributed by atoms with van der Waals surface area (Å²) in [5, 5.41) is 12.2. The summed E-state index contributed by atoms with van der Waals surface area (Å²) >= 11 is 5.65. The molecule has 3 amide bonds. The molecule has 56 heavy (non-hydrogen) atoms. The van der Waals surface area contributed by atoms with Gasteiger partial charge in [-0.05, 0) is 112 Å². The molecule has 1 heterocycles. The van der Waals surface area contributed by atoms with Gasteiger partial charge in [0.15, 0.2) is 0 Å². The fourth-order valence-electron chi connectivity index (χ4n) is 5.04. The van der Waals surface area contributed by atoms with Crippen molar-refractivity contribution in [3.05, 3.63) is 184 Å². The van der Waals surface area contributed by atoms with Crippen LogP contribution in [0.25, 0.3) is 0 Å². The predicted molar refractivity (Wildman–Crippen MR) is 228 cm³/mol. The Morgan fingerprint density at radius 1 is 0.554 bits per heavy atom. The lowest BCUT2D eigenvalue weighted by Crippen LogP contribution is -2.12. The minimum atomic E-state index is -0.415. The molecule has 0 saturated carbocycles. The number of benzene rings is 5. The standard InChI is InChI=1S/C19H24N2O.C14H12FNO.C13H11ClN2O/c1-3-4-5-13-20-18-8-6-7-16(14-18)19(22)21-17-11-9-15(2)10-12-17;1-10-5-7-13(8-6-10)16-14(17)11-3-2-4-12(15)9-11;1-9-2-5-11(6-3-9)16-13(17)10-4-7-12(14)15-8-10/h6-12,14,20H,3-5,13H2,1-2H3,(H,21,22);2-9H,1H3,(H,16,17);2-8H,1H3,(H,16,17). The quantitative estimate of drug-likeness (QED) is 0.0774. The first kappa shape index (κ1) is 42.4. The number of hydrogen-bond acceptors (Lipinski definition) is 5. The van der Waals surface area contributed by atoms with Crippen molar-refractivity contribution in [2.45, 2.75) is 47.0 Å². The molecular weight excluding hydrogens is 725 g/mol. The maximum atomic E-state index is 12.9. The zero-order valence-electron chi connectivity index (χ0n) is 32.0. The molecule has 0 saturated heterocycles. The van der Waals surface area contributed by atoms with E-state index in [1.807, 2.05) is 118 Å². The van der Waals surface area contributed by atoms with Gasteiger partial charge in [0, 0.05) is 46.6 Å². The molecule has 6 aromatic rings. The second-order valence-corrected chi connectivity index (χ2v) is 13.4. The van der Waals surface area contributed by atoms with Crippen molar-refractivity contribution in [2.75, 3.05) is 27.8 Å². The van der Waals surface area contributed by atoms with Crippen LogP contribution < -0.4 is 21.3 Å². The molecule has 0 atom stereocenters. The molecule has 4 N–H and O–H groups in total. The molecule has 0 aliphatic carbocycles. The molecule has 10 heteroatoms. The fraction of sp³-hybridized carbons (Fsp3) is 0.174. The largest absolute Gasteiger partial charge is 0.385 e. The minimum Gasteiger partial charge on any atom is -0.385 e. The van der Waals surface area contributed by atoms with Gasteiger partial charge in [-0.15, -0.1) is 0 Å². The van der Waals surface area contributed by atoms with Crippen molar-refractivity contribution in [1.82, 2.24) is 4.98 Å². The zero-order chi connectivity index (χ0) is 40.3. The molecule has 8 nitrogen and oxygen atoms in total. The van der Waals surface area contributed by atoms with Gasteiger partial charge in [0.2, 0.25) is 0 Å². The monoisotopic (exact) mass is 771 g/mol. The van der Waals surface area contributed by atoms with E-state index >= 15 is 0 Å². The first-order valence-electron chi connectivity index (χ1n) is 18.3. The minimum absolute atomic E-state index is 0.0824. The number of unbranched alkanes of at least 4 members (excludes halogenated alkanes) is 2. The topological polar surface area (TPSA) is 112 Å². The van der Waals surface area contributed by atoms with Gasteiger partial charge in [0.1, 0.15) is 11.0 Å². The highest BCUT2D eigenvalue weighted by Crippen LogP contribution is 2.16. The Bertz CT molecular complexity index is 2160. The van der Waals surface area contributed by atoms with Crippen LogP contribution in [0.15, 0.2) is 140 Å². The van der Waals surface area contributed by atoms with E-state index in [1.165, 1.54) is 42.8 Å². The van der Waals surface area contributed by atoms with Crippen molar-refractivity contribution in [3.63, 3.8) is 0 Å². The van der Waals surface area contributed by atoms with E-state index in [9.17, 15) is 18.8 Å². The summed E-state index contributed by atoms with van der Waals surface area (Å²) in [5.41, 5.74) is 8.17. The van der Waals surface area contributed by atoms with Crippen molar-refractivity contribution >= 4 is 52.1 Å². The van der Waals surface area contributed by atoms with Gasteiger partial charge in [-0.3, -0.25) is 14.4 Å². The maximum Gasteiger partial charge on any atom is 0.257 e. The molecule has 1 aromatic heterocycles. The number of carbonyl (C=O) groups is 3. The normalized spacial score (nSPS) is 10.1. The lowest BCUT2D eigenvalue weighted by atomic mass is 10.1. The molecule has 0 aliphatic heterocycles. The van der Waals surface area contributed by atoms with Crippen LogP contribution in [0.2, 0.25) is 5.15 Å². The summed E-state index contributed by atoms with van der Waals surface area (Å²) in [6.45, 7) is 9.12. The molecule has 0 fully saturated rings. The van der Waals surface area contributed by atoms with Crippen molar-refractivity contribution < 1.29 is 18.8 Å². The average molecular weight is 772 g/mol. The summed E-state index contributed by atoms with van der Waals surface area (Å²) in [7, 11) is 0. The third-order valence-electron chi connectivity index (χ3n) is 8.24. The molecule has 6 rings (SSSR count). The van der Waals surface area contributed by atoms with Gasteiger partial charge >= 0.3 is 0 Å². The Hall–Kier alpha value is -6.32. The molecular formula is C46H47ClFN5O3. The highest BCUT2D eigenvalue weighted by molar-refractivity contribution is 6.29. The lowest BCUT2D eigenvalue weighted by molar-refractivity contribution is 0.101.